The summed E-state index contributed by atoms with van der Waals surface area (Å²) < 4.78 is 23.5. The predicted molar refractivity (Wildman–Crippen MR) is 113 cm³/mol. The summed E-state index contributed by atoms with van der Waals surface area (Å²) in [6.07, 6.45) is 7.66. The largest absolute Gasteiger partial charge is 0.359 e. The lowest BCUT2D eigenvalue weighted by Gasteiger charge is -2.54. The first-order valence-electron chi connectivity index (χ1n) is 10.0. The molecule has 4 aliphatic rings. The number of rotatable bonds is 4. The zero-order valence-corrected chi connectivity index (χ0v) is 18.3. The van der Waals surface area contributed by atoms with Gasteiger partial charge in [-0.15, -0.1) is 0 Å². The topological polar surface area (TPSA) is 75.6 Å². The number of carbonyl (C=O) groups is 1. The predicted octanol–water partition coefficient (Wildman–Crippen LogP) is 3.68. The first-order valence-corrected chi connectivity index (χ1v) is 12.8. The van der Waals surface area contributed by atoms with Crippen LogP contribution in [0, 0.1) is 5.92 Å². The van der Waals surface area contributed by atoms with Crippen LogP contribution in [0.4, 0.5) is 0 Å². The minimum atomic E-state index is -3.16. The number of carbonyl (C=O) groups excluding carboxylic acids is 1. The van der Waals surface area contributed by atoms with Crippen molar-refractivity contribution in [1.82, 2.24) is 5.32 Å². The van der Waals surface area contributed by atoms with Gasteiger partial charge in [-0.1, -0.05) is 37.7 Å². The molecule has 1 aliphatic heterocycles. The SMILES string of the molecule is CC(C)C1SC(NC23CCC(c4ccc(S(C)(=O)=O)cc4)(CC2)CC3)=NC1=O. The van der Waals surface area contributed by atoms with Gasteiger partial charge in [0.2, 0.25) is 0 Å². The van der Waals surface area contributed by atoms with Crippen LogP contribution in [0.3, 0.4) is 0 Å². The highest BCUT2D eigenvalue weighted by Gasteiger charge is 2.50. The van der Waals surface area contributed by atoms with E-state index in [1.54, 1.807) is 23.9 Å². The van der Waals surface area contributed by atoms with Crippen molar-refractivity contribution < 1.29 is 13.2 Å². The quantitative estimate of drug-likeness (QED) is 0.804. The Hall–Kier alpha value is -1.34. The number of amides is 1. The van der Waals surface area contributed by atoms with E-state index in [1.807, 2.05) is 12.1 Å². The van der Waals surface area contributed by atoms with Crippen LogP contribution in [0.25, 0.3) is 0 Å². The van der Waals surface area contributed by atoms with Crippen molar-refractivity contribution in [3.8, 4) is 0 Å². The first-order chi connectivity index (χ1) is 13.1. The molecular formula is C21H28N2O3S2. The number of thioether (sulfide) groups is 1. The van der Waals surface area contributed by atoms with E-state index in [2.05, 4.69) is 24.2 Å². The molecule has 1 unspecified atom stereocenters. The van der Waals surface area contributed by atoms with Gasteiger partial charge in [-0.2, -0.15) is 4.99 Å². The number of nitrogens with one attached hydrogen (secondary N) is 1. The molecule has 1 aromatic rings. The van der Waals surface area contributed by atoms with Crippen LogP contribution >= 0.6 is 11.8 Å². The maximum absolute atomic E-state index is 12.1. The van der Waals surface area contributed by atoms with Gasteiger partial charge in [0.15, 0.2) is 15.0 Å². The molecule has 3 saturated carbocycles. The van der Waals surface area contributed by atoms with E-state index in [-0.39, 0.29) is 22.1 Å². The van der Waals surface area contributed by atoms with Gasteiger partial charge < -0.3 is 5.32 Å². The van der Waals surface area contributed by atoms with Gasteiger partial charge in [0.05, 0.1) is 10.1 Å². The number of fused-ring (bicyclic) bond motifs is 3. The average molecular weight is 421 g/mol. The molecule has 1 N–H and O–H groups in total. The van der Waals surface area contributed by atoms with Crippen molar-refractivity contribution in [1.29, 1.82) is 0 Å². The Kier molecular flexibility index (Phi) is 4.90. The van der Waals surface area contributed by atoms with Gasteiger partial charge in [0.1, 0.15) is 0 Å². The van der Waals surface area contributed by atoms with Crippen molar-refractivity contribution in [3.05, 3.63) is 29.8 Å². The van der Waals surface area contributed by atoms with Crippen LogP contribution < -0.4 is 5.32 Å². The third-order valence-electron chi connectivity index (χ3n) is 6.81. The summed E-state index contributed by atoms with van der Waals surface area (Å²) in [7, 11) is -3.16. The highest BCUT2D eigenvalue weighted by Crippen LogP contribution is 2.54. The number of benzene rings is 1. The van der Waals surface area contributed by atoms with E-state index >= 15 is 0 Å². The summed E-state index contributed by atoms with van der Waals surface area (Å²) in [5.41, 5.74) is 1.46. The second-order valence-electron chi connectivity index (χ2n) is 9.02. The third kappa shape index (κ3) is 3.52. The molecule has 3 fully saturated rings. The number of amidine groups is 1. The smallest absolute Gasteiger partial charge is 0.261 e. The van der Waals surface area contributed by atoms with Crippen LogP contribution in [0.15, 0.2) is 34.2 Å². The van der Waals surface area contributed by atoms with Gasteiger partial charge >= 0.3 is 0 Å². The zero-order chi connectivity index (χ0) is 20.2. The molecule has 7 heteroatoms. The first kappa shape index (κ1) is 20.0. The van der Waals surface area contributed by atoms with Crippen molar-refractivity contribution in [3.63, 3.8) is 0 Å². The van der Waals surface area contributed by atoms with Gasteiger partial charge in [0.25, 0.3) is 5.91 Å². The lowest BCUT2D eigenvalue weighted by molar-refractivity contribution is -0.117. The van der Waals surface area contributed by atoms with Crippen LogP contribution in [0.1, 0.15) is 57.9 Å². The number of hydrogen-bond acceptors (Lipinski definition) is 5. The van der Waals surface area contributed by atoms with E-state index in [0.717, 1.165) is 43.7 Å². The Labute approximate surface area is 171 Å². The molecule has 3 aliphatic carbocycles. The molecule has 0 aromatic heterocycles. The Morgan fingerprint density at radius 3 is 2.11 bits per heavy atom. The maximum atomic E-state index is 12.1. The summed E-state index contributed by atoms with van der Waals surface area (Å²) >= 11 is 1.58. The molecule has 0 radical (unpaired) electrons. The van der Waals surface area contributed by atoms with Gasteiger partial charge in [-0.25, -0.2) is 8.42 Å². The molecule has 1 atom stereocenters. The molecular weight excluding hydrogens is 392 g/mol. The highest BCUT2D eigenvalue weighted by molar-refractivity contribution is 8.15. The zero-order valence-electron chi connectivity index (χ0n) is 16.7. The summed E-state index contributed by atoms with van der Waals surface area (Å²) in [5, 5.41) is 4.39. The molecule has 0 saturated heterocycles. The minimum Gasteiger partial charge on any atom is -0.359 e. The molecule has 5 nitrogen and oxygen atoms in total. The molecule has 28 heavy (non-hydrogen) atoms. The summed E-state index contributed by atoms with van der Waals surface area (Å²) in [6.45, 7) is 4.13. The number of sulfone groups is 1. The van der Waals surface area contributed by atoms with Crippen LogP contribution in [0.5, 0.6) is 0 Å². The third-order valence-corrected chi connectivity index (χ3v) is 9.36. The molecule has 152 valence electrons. The van der Waals surface area contributed by atoms with E-state index in [0.29, 0.717) is 10.8 Å². The van der Waals surface area contributed by atoms with Crippen molar-refractivity contribution >= 4 is 32.7 Å². The summed E-state index contributed by atoms with van der Waals surface area (Å²) in [5.74, 6) is 0.282. The molecule has 0 spiro atoms. The van der Waals surface area contributed by atoms with Crippen LogP contribution in [-0.2, 0) is 20.0 Å². The van der Waals surface area contributed by atoms with Crippen molar-refractivity contribution in [2.75, 3.05) is 6.26 Å². The molecule has 1 heterocycles. The fraction of sp³-hybridized carbons (Fsp3) is 0.619. The molecule has 5 rings (SSSR count). The fourth-order valence-electron chi connectivity index (χ4n) is 4.93. The van der Waals surface area contributed by atoms with Gasteiger partial charge in [-0.3, -0.25) is 4.79 Å². The number of hydrogen-bond donors (Lipinski definition) is 1. The normalized spacial score (nSPS) is 32.6. The molecule has 1 amide bonds. The van der Waals surface area contributed by atoms with Crippen molar-refractivity contribution in [2.45, 2.75) is 73.5 Å². The summed E-state index contributed by atoms with van der Waals surface area (Å²) in [4.78, 5) is 16.8. The highest BCUT2D eigenvalue weighted by atomic mass is 32.2. The van der Waals surface area contributed by atoms with Gasteiger partial charge in [-0.05, 0) is 67.6 Å². The number of aliphatic imine (C=N–C) groups is 1. The second-order valence-corrected chi connectivity index (χ2v) is 12.2. The Bertz CT molecular complexity index is 895. The standard InChI is InChI=1S/C21H28N2O3S2/c1-14(2)17-18(24)22-19(27-17)23-21-11-8-20(9-12-21,10-13-21)15-4-6-16(7-5-15)28(3,25)26/h4-7,14,17H,8-13H2,1-3H3,(H,22,23,24). The monoisotopic (exact) mass is 420 g/mol. The van der Waals surface area contributed by atoms with Gasteiger partial charge in [0, 0.05) is 11.8 Å². The Balaban J connectivity index is 1.46. The maximum Gasteiger partial charge on any atom is 0.261 e. The van der Waals surface area contributed by atoms with E-state index < -0.39 is 9.84 Å². The van der Waals surface area contributed by atoms with E-state index in [1.165, 1.54) is 11.8 Å². The minimum absolute atomic E-state index is 0.00849. The summed E-state index contributed by atoms with van der Waals surface area (Å²) in [6, 6.07) is 7.50. The Morgan fingerprint density at radius 1 is 1.07 bits per heavy atom. The average Bonchev–Trinajstić information content (AvgIpc) is 3.02. The lowest BCUT2D eigenvalue weighted by Crippen LogP contribution is -2.57. The second kappa shape index (κ2) is 6.87. The van der Waals surface area contributed by atoms with E-state index in [9.17, 15) is 13.2 Å². The number of nitrogens with zero attached hydrogens (tertiary/aromatic N) is 1. The van der Waals surface area contributed by atoms with Crippen LogP contribution in [0.2, 0.25) is 0 Å². The van der Waals surface area contributed by atoms with E-state index in [4.69, 9.17) is 0 Å². The molecule has 2 bridgehead atoms. The fourth-order valence-corrected chi connectivity index (χ4v) is 6.64. The molecule has 1 aromatic carbocycles. The van der Waals surface area contributed by atoms with Crippen LogP contribution in [-0.4, -0.2) is 36.5 Å². The lowest BCUT2D eigenvalue weighted by atomic mass is 9.55. The van der Waals surface area contributed by atoms with Crippen molar-refractivity contribution in [2.24, 2.45) is 10.9 Å². The Morgan fingerprint density at radius 2 is 1.64 bits per heavy atom.